The zero-order chi connectivity index (χ0) is 20.4. The van der Waals surface area contributed by atoms with Crippen LogP contribution in [0.25, 0.3) is 0 Å². The standard InChI is InChI=1S/C22H23FN4OS.ClH/c1-2-10-27-12-16-13-29-21(25-20(28)15-6-4-3-5-7-15)26-22(16,14-27)18-11-17(24)8-9-19(18)23;/h2-9,11,16H,1,10,12-14,24H2,(H,25,26,28);1H/t16-,22-;/m0./s1. The number of nitrogens with zero attached hydrogens (tertiary/aromatic N) is 2. The molecule has 0 saturated carbocycles. The second-order valence-electron chi connectivity index (χ2n) is 7.39. The zero-order valence-electron chi connectivity index (χ0n) is 16.4. The molecule has 5 nitrogen and oxygen atoms in total. The van der Waals surface area contributed by atoms with Crippen LogP contribution in [0.15, 0.2) is 66.2 Å². The number of carbonyl (C=O) groups excluding carboxylic acids is 1. The third-order valence-electron chi connectivity index (χ3n) is 5.44. The van der Waals surface area contributed by atoms with Gasteiger partial charge in [0.1, 0.15) is 11.4 Å². The molecule has 1 amide bonds. The molecule has 0 aliphatic carbocycles. The number of carbonyl (C=O) groups is 1. The van der Waals surface area contributed by atoms with Gasteiger partial charge < -0.3 is 11.1 Å². The van der Waals surface area contributed by atoms with Gasteiger partial charge in [-0.15, -0.1) is 19.0 Å². The third-order valence-corrected chi connectivity index (χ3v) is 6.48. The monoisotopic (exact) mass is 446 g/mol. The van der Waals surface area contributed by atoms with Crippen LogP contribution >= 0.6 is 24.2 Å². The smallest absolute Gasteiger partial charge is 0.257 e. The van der Waals surface area contributed by atoms with E-state index in [2.05, 4.69) is 16.8 Å². The summed E-state index contributed by atoms with van der Waals surface area (Å²) in [4.78, 5) is 19.7. The Morgan fingerprint density at radius 1 is 1.37 bits per heavy atom. The first-order valence-electron chi connectivity index (χ1n) is 9.49. The summed E-state index contributed by atoms with van der Waals surface area (Å²) in [5.74, 6) is 0.296. The number of amides is 1. The fourth-order valence-electron chi connectivity index (χ4n) is 4.09. The number of nitrogens with two attached hydrogens (primary N) is 1. The molecule has 1 saturated heterocycles. The first-order chi connectivity index (χ1) is 14.0. The molecule has 0 spiro atoms. The van der Waals surface area contributed by atoms with E-state index < -0.39 is 5.54 Å². The van der Waals surface area contributed by atoms with Crippen LogP contribution in [0, 0.1) is 11.7 Å². The van der Waals surface area contributed by atoms with Crippen LogP contribution in [0.3, 0.4) is 0 Å². The lowest BCUT2D eigenvalue weighted by Crippen LogP contribution is -2.43. The molecule has 0 aromatic heterocycles. The molecule has 158 valence electrons. The number of fused-ring (bicyclic) bond motifs is 1. The minimum atomic E-state index is -0.785. The molecule has 2 aliphatic rings. The van der Waals surface area contributed by atoms with Crippen LogP contribution in [0.5, 0.6) is 0 Å². The number of halogens is 2. The third kappa shape index (κ3) is 4.24. The number of likely N-dealkylation sites (tertiary alicyclic amines) is 1. The predicted octanol–water partition coefficient (Wildman–Crippen LogP) is 3.68. The van der Waals surface area contributed by atoms with Crippen molar-refractivity contribution in [2.75, 3.05) is 31.1 Å². The molecule has 2 aromatic carbocycles. The van der Waals surface area contributed by atoms with E-state index in [1.807, 2.05) is 24.3 Å². The fourth-order valence-corrected chi connectivity index (χ4v) is 5.22. The Morgan fingerprint density at radius 2 is 2.13 bits per heavy atom. The van der Waals surface area contributed by atoms with E-state index in [9.17, 15) is 9.18 Å². The molecule has 0 radical (unpaired) electrons. The van der Waals surface area contributed by atoms with Crippen LogP contribution in [0.1, 0.15) is 15.9 Å². The van der Waals surface area contributed by atoms with Crippen molar-refractivity contribution in [1.29, 1.82) is 0 Å². The highest BCUT2D eigenvalue weighted by atomic mass is 35.5. The molecule has 2 heterocycles. The van der Waals surface area contributed by atoms with Gasteiger partial charge in [-0.3, -0.25) is 9.69 Å². The highest BCUT2D eigenvalue weighted by Crippen LogP contribution is 2.46. The largest absolute Gasteiger partial charge is 0.399 e. The quantitative estimate of drug-likeness (QED) is 0.555. The lowest BCUT2D eigenvalue weighted by atomic mass is 9.81. The number of hydrogen-bond acceptors (Lipinski definition) is 5. The van der Waals surface area contributed by atoms with E-state index in [-0.39, 0.29) is 30.0 Å². The SMILES string of the molecule is C=CCN1C[C@H]2CSC(NC(=O)c3ccccc3)=N[C@@]2(c2cc(N)ccc2F)C1.Cl. The zero-order valence-corrected chi connectivity index (χ0v) is 18.0. The van der Waals surface area contributed by atoms with Crippen LogP contribution in [-0.2, 0) is 5.54 Å². The minimum Gasteiger partial charge on any atom is -0.399 e. The average Bonchev–Trinajstić information content (AvgIpc) is 3.09. The summed E-state index contributed by atoms with van der Waals surface area (Å²) in [7, 11) is 0. The molecule has 0 bridgehead atoms. The molecule has 2 aliphatic heterocycles. The lowest BCUT2D eigenvalue weighted by Gasteiger charge is -2.36. The number of anilines is 1. The van der Waals surface area contributed by atoms with Crippen molar-refractivity contribution < 1.29 is 9.18 Å². The molecular weight excluding hydrogens is 423 g/mol. The fraction of sp³-hybridized carbons (Fsp3) is 0.273. The van der Waals surface area contributed by atoms with Gasteiger partial charge in [-0.25, -0.2) is 9.38 Å². The number of amidine groups is 1. The maximum Gasteiger partial charge on any atom is 0.257 e. The van der Waals surface area contributed by atoms with E-state index in [1.54, 1.807) is 24.3 Å². The number of nitrogen functional groups attached to an aromatic ring is 1. The summed E-state index contributed by atoms with van der Waals surface area (Å²) in [5.41, 5.74) is 6.74. The predicted molar refractivity (Wildman–Crippen MR) is 124 cm³/mol. The van der Waals surface area contributed by atoms with Crippen LogP contribution in [-0.4, -0.2) is 41.4 Å². The van der Waals surface area contributed by atoms with Crippen molar-refractivity contribution in [3.8, 4) is 0 Å². The Bertz CT molecular complexity index is 971. The van der Waals surface area contributed by atoms with E-state index in [0.29, 0.717) is 35.1 Å². The molecule has 2 aromatic rings. The van der Waals surface area contributed by atoms with Gasteiger partial charge >= 0.3 is 0 Å². The van der Waals surface area contributed by atoms with Crippen LogP contribution in [0.4, 0.5) is 10.1 Å². The topological polar surface area (TPSA) is 70.7 Å². The Hall–Kier alpha value is -2.35. The minimum absolute atomic E-state index is 0. The van der Waals surface area contributed by atoms with Crippen molar-refractivity contribution in [2.24, 2.45) is 10.9 Å². The summed E-state index contributed by atoms with van der Waals surface area (Å²) < 4.78 is 14.9. The Labute approximate surface area is 186 Å². The molecule has 1 fully saturated rings. The highest BCUT2D eigenvalue weighted by Gasteiger charge is 2.51. The van der Waals surface area contributed by atoms with Gasteiger partial charge in [-0.05, 0) is 30.3 Å². The summed E-state index contributed by atoms with van der Waals surface area (Å²) >= 11 is 1.50. The van der Waals surface area contributed by atoms with E-state index in [0.717, 1.165) is 12.3 Å². The van der Waals surface area contributed by atoms with Crippen molar-refractivity contribution in [3.63, 3.8) is 0 Å². The summed E-state index contributed by atoms with van der Waals surface area (Å²) in [6.45, 7) is 5.86. The number of rotatable bonds is 4. The summed E-state index contributed by atoms with van der Waals surface area (Å²) in [5, 5.41) is 3.42. The molecule has 30 heavy (non-hydrogen) atoms. The second kappa shape index (κ2) is 9.20. The van der Waals surface area contributed by atoms with Crippen molar-refractivity contribution in [3.05, 3.63) is 78.1 Å². The number of benzene rings is 2. The van der Waals surface area contributed by atoms with Gasteiger partial charge in [0.05, 0.1) is 0 Å². The summed E-state index contributed by atoms with van der Waals surface area (Å²) in [6.07, 6.45) is 1.84. The van der Waals surface area contributed by atoms with Crippen molar-refractivity contribution in [1.82, 2.24) is 10.2 Å². The Morgan fingerprint density at radius 3 is 2.87 bits per heavy atom. The first kappa shape index (κ1) is 22.3. The molecule has 2 atom stereocenters. The maximum absolute atomic E-state index is 14.9. The van der Waals surface area contributed by atoms with Crippen LogP contribution < -0.4 is 11.1 Å². The Balaban J connectivity index is 0.00000256. The van der Waals surface area contributed by atoms with Crippen LogP contribution in [0.2, 0.25) is 0 Å². The average molecular weight is 447 g/mol. The van der Waals surface area contributed by atoms with E-state index in [1.165, 1.54) is 17.8 Å². The van der Waals surface area contributed by atoms with Gasteiger partial charge in [0, 0.05) is 48.1 Å². The molecule has 8 heteroatoms. The lowest BCUT2D eigenvalue weighted by molar-refractivity contribution is 0.0977. The molecule has 0 unspecified atom stereocenters. The summed E-state index contributed by atoms with van der Waals surface area (Å²) in [6, 6.07) is 13.6. The van der Waals surface area contributed by atoms with Crippen molar-refractivity contribution >= 4 is 40.9 Å². The van der Waals surface area contributed by atoms with Crippen molar-refractivity contribution in [2.45, 2.75) is 5.54 Å². The Kier molecular flexibility index (Phi) is 6.85. The normalized spacial score (nSPS) is 23.1. The molecule has 3 N–H and O–H groups in total. The highest BCUT2D eigenvalue weighted by molar-refractivity contribution is 8.13. The number of aliphatic imine (C=N–C) groups is 1. The van der Waals surface area contributed by atoms with Gasteiger partial charge in [-0.2, -0.15) is 0 Å². The van der Waals surface area contributed by atoms with Gasteiger partial charge in [0.15, 0.2) is 5.17 Å². The number of nitrogens with one attached hydrogen (secondary N) is 1. The van der Waals surface area contributed by atoms with Gasteiger partial charge in [0.2, 0.25) is 0 Å². The van der Waals surface area contributed by atoms with E-state index in [4.69, 9.17) is 10.7 Å². The first-order valence-corrected chi connectivity index (χ1v) is 10.5. The van der Waals surface area contributed by atoms with E-state index >= 15 is 0 Å². The number of thioether (sulfide) groups is 1. The molecule has 4 rings (SSSR count). The number of hydrogen-bond donors (Lipinski definition) is 2. The molecular formula is C22H24ClFN4OS. The second-order valence-corrected chi connectivity index (χ2v) is 8.40. The van der Waals surface area contributed by atoms with Gasteiger partial charge in [-0.1, -0.05) is 36.0 Å². The van der Waals surface area contributed by atoms with Gasteiger partial charge in [0.25, 0.3) is 5.91 Å². The maximum atomic E-state index is 14.9.